The molecule has 1 fully saturated rings. The van der Waals surface area contributed by atoms with Crippen LogP contribution in [-0.2, 0) is 4.79 Å². The summed E-state index contributed by atoms with van der Waals surface area (Å²) in [5.41, 5.74) is 1.84. The summed E-state index contributed by atoms with van der Waals surface area (Å²) in [6.07, 6.45) is 1.86. The number of hydrogen-bond donors (Lipinski definition) is 2. The molecule has 1 saturated carbocycles. The van der Waals surface area contributed by atoms with Gasteiger partial charge in [-0.15, -0.1) is 0 Å². The predicted octanol–water partition coefficient (Wildman–Crippen LogP) is 2.17. The van der Waals surface area contributed by atoms with Gasteiger partial charge in [0.1, 0.15) is 0 Å². The Balaban J connectivity index is 1.89. The van der Waals surface area contributed by atoms with Crippen LogP contribution in [0, 0.1) is 16.7 Å². The van der Waals surface area contributed by atoms with Crippen LogP contribution < -0.4 is 5.32 Å². The molecule has 1 aromatic heterocycles. The van der Waals surface area contributed by atoms with E-state index in [1.807, 2.05) is 6.92 Å². The van der Waals surface area contributed by atoms with Gasteiger partial charge in [-0.3, -0.25) is 10.1 Å². The third-order valence-corrected chi connectivity index (χ3v) is 3.39. The lowest BCUT2D eigenvalue weighted by Gasteiger charge is -2.06. The largest absolute Gasteiger partial charge is 0.324 e. The van der Waals surface area contributed by atoms with Crippen LogP contribution in [0.25, 0.3) is 11.0 Å². The minimum atomic E-state index is -0.225. The highest BCUT2D eigenvalue weighted by Gasteiger charge is 2.45. The molecule has 1 aliphatic carbocycles. The van der Waals surface area contributed by atoms with Crippen LogP contribution in [-0.4, -0.2) is 15.9 Å². The van der Waals surface area contributed by atoms with Gasteiger partial charge in [0.2, 0.25) is 11.9 Å². The molecule has 0 aliphatic heterocycles. The summed E-state index contributed by atoms with van der Waals surface area (Å²) in [6, 6.07) is 7.26. The number of amides is 1. The Morgan fingerprint density at radius 3 is 3.00 bits per heavy atom. The molecule has 0 unspecified atom stereocenters. The predicted molar refractivity (Wildman–Crippen MR) is 66.8 cm³/mol. The smallest absolute Gasteiger partial charge is 0.232 e. The van der Waals surface area contributed by atoms with Gasteiger partial charge in [-0.2, -0.15) is 5.26 Å². The first-order valence-electron chi connectivity index (χ1n) is 5.82. The van der Waals surface area contributed by atoms with Crippen molar-refractivity contribution in [3.8, 4) is 6.07 Å². The standard InChI is InChI=1S/C13H12N4O/c1-13(4-5-13)11(18)17-12-15-9-3-2-8(7-14)6-10(9)16-12/h2-3,6H,4-5H2,1H3,(H2,15,16,17,18). The van der Waals surface area contributed by atoms with E-state index in [4.69, 9.17) is 5.26 Å². The van der Waals surface area contributed by atoms with Gasteiger partial charge < -0.3 is 4.98 Å². The molecule has 3 rings (SSSR count). The number of nitriles is 1. The zero-order chi connectivity index (χ0) is 12.8. The second kappa shape index (κ2) is 3.57. The SMILES string of the molecule is CC1(C(=O)Nc2nc3ccc(C#N)cc3[nH]2)CC1. The maximum absolute atomic E-state index is 11.9. The van der Waals surface area contributed by atoms with Crippen molar-refractivity contribution >= 4 is 22.9 Å². The lowest BCUT2D eigenvalue weighted by atomic mass is 10.1. The zero-order valence-electron chi connectivity index (χ0n) is 9.95. The third-order valence-electron chi connectivity index (χ3n) is 3.39. The topological polar surface area (TPSA) is 81.6 Å². The number of hydrogen-bond acceptors (Lipinski definition) is 3. The first-order chi connectivity index (χ1) is 8.60. The average molecular weight is 240 g/mol. The second-order valence-electron chi connectivity index (χ2n) is 4.94. The molecule has 2 N–H and O–H groups in total. The fourth-order valence-corrected chi connectivity index (χ4v) is 1.81. The van der Waals surface area contributed by atoms with E-state index in [0.29, 0.717) is 11.5 Å². The van der Waals surface area contributed by atoms with Gasteiger partial charge >= 0.3 is 0 Å². The van der Waals surface area contributed by atoms with Gasteiger partial charge in [0.25, 0.3) is 0 Å². The molecule has 1 amide bonds. The molecule has 0 saturated heterocycles. The number of anilines is 1. The quantitative estimate of drug-likeness (QED) is 0.844. The van der Waals surface area contributed by atoms with Crippen LogP contribution >= 0.6 is 0 Å². The summed E-state index contributed by atoms with van der Waals surface area (Å²) in [5.74, 6) is 0.445. The third kappa shape index (κ3) is 1.72. The van der Waals surface area contributed by atoms with Gasteiger partial charge in [0.05, 0.1) is 22.7 Å². The average Bonchev–Trinajstić information content (AvgIpc) is 2.99. The van der Waals surface area contributed by atoms with Gasteiger partial charge in [-0.1, -0.05) is 6.92 Å². The van der Waals surface area contributed by atoms with E-state index in [1.165, 1.54) is 0 Å². The molecular weight excluding hydrogens is 228 g/mol. The number of aromatic nitrogens is 2. The Kier molecular flexibility index (Phi) is 2.14. The van der Waals surface area contributed by atoms with Gasteiger partial charge in [-0.05, 0) is 31.0 Å². The minimum Gasteiger partial charge on any atom is -0.324 e. The summed E-state index contributed by atoms with van der Waals surface area (Å²) in [6.45, 7) is 1.94. The fraction of sp³-hybridized carbons (Fsp3) is 0.308. The zero-order valence-corrected chi connectivity index (χ0v) is 9.95. The Labute approximate surface area is 104 Å². The summed E-state index contributed by atoms with van der Waals surface area (Å²) in [4.78, 5) is 19.2. The molecule has 0 radical (unpaired) electrons. The number of imidazole rings is 1. The summed E-state index contributed by atoms with van der Waals surface area (Å²) >= 11 is 0. The normalized spacial score (nSPS) is 16.2. The van der Waals surface area contributed by atoms with Crippen LogP contribution in [0.2, 0.25) is 0 Å². The summed E-state index contributed by atoms with van der Waals surface area (Å²) in [5, 5.41) is 11.6. The van der Waals surface area contributed by atoms with Crippen LogP contribution in [0.1, 0.15) is 25.3 Å². The minimum absolute atomic E-state index is 0.00191. The van der Waals surface area contributed by atoms with Gasteiger partial charge in [0, 0.05) is 5.41 Å². The van der Waals surface area contributed by atoms with Crippen molar-refractivity contribution in [3.63, 3.8) is 0 Å². The number of carbonyl (C=O) groups is 1. The van der Waals surface area contributed by atoms with E-state index >= 15 is 0 Å². The first kappa shape index (κ1) is 10.8. The highest BCUT2D eigenvalue weighted by atomic mass is 16.2. The Bertz CT molecular complexity index is 676. The number of nitrogens with one attached hydrogen (secondary N) is 2. The highest BCUT2D eigenvalue weighted by molar-refractivity contribution is 5.96. The molecule has 0 bridgehead atoms. The van der Waals surface area contributed by atoms with E-state index < -0.39 is 0 Å². The molecule has 1 heterocycles. The molecule has 0 spiro atoms. The van der Waals surface area contributed by atoms with Crippen molar-refractivity contribution in [1.82, 2.24) is 9.97 Å². The number of H-pyrrole nitrogens is 1. The van der Waals surface area contributed by atoms with Gasteiger partial charge in [0.15, 0.2) is 0 Å². The van der Waals surface area contributed by atoms with Crippen LogP contribution in [0.4, 0.5) is 5.95 Å². The Morgan fingerprint density at radius 1 is 1.56 bits per heavy atom. The van der Waals surface area contributed by atoms with E-state index in [9.17, 15) is 4.79 Å². The molecule has 90 valence electrons. The van der Waals surface area contributed by atoms with E-state index in [-0.39, 0.29) is 11.3 Å². The monoisotopic (exact) mass is 240 g/mol. The first-order valence-corrected chi connectivity index (χ1v) is 5.82. The van der Waals surface area contributed by atoms with Crippen LogP contribution in [0.3, 0.4) is 0 Å². The van der Waals surface area contributed by atoms with Crippen LogP contribution in [0.5, 0.6) is 0 Å². The van der Waals surface area contributed by atoms with E-state index in [2.05, 4.69) is 21.4 Å². The fourth-order valence-electron chi connectivity index (χ4n) is 1.81. The highest BCUT2D eigenvalue weighted by Crippen LogP contribution is 2.45. The van der Waals surface area contributed by atoms with Crippen molar-refractivity contribution in [3.05, 3.63) is 23.8 Å². The number of benzene rings is 1. The Hall–Kier alpha value is -2.35. The lowest BCUT2D eigenvalue weighted by Crippen LogP contribution is -2.21. The molecule has 5 nitrogen and oxygen atoms in total. The lowest BCUT2D eigenvalue weighted by molar-refractivity contribution is -0.120. The summed E-state index contributed by atoms with van der Waals surface area (Å²) in [7, 11) is 0. The maximum Gasteiger partial charge on any atom is 0.232 e. The number of nitrogens with zero attached hydrogens (tertiary/aromatic N) is 2. The van der Waals surface area contributed by atoms with E-state index in [1.54, 1.807) is 18.2 Å². The maximum atomic E-state index is 11.9. The molecular formula is C13H12N4O. The number of aromatic amines is 1. The van der Waals surface area contributed by atoms with Gasteiger partial charge in [-0.25, -0.2) is 4.98 Å². The number of carbonyl (C=O) groups excluding carboxylic acids is 1. The molecule has 2 aromatic rings. The molecule has 5 heteroatoms. The van der Waals surface area contributed by atoms with Crippen molar-refractivity contribution in [2.24, 2.45) is 5.41 Å². The molecule has 0 atom stereocenters. The Morgan fingerprint density at radius 2 is 2.33 bits per heavy atom. The summed E-state index contributed by atoms with van der Waals surface area (Å²) < 4.78 is 0. The van der Waals surface area contributed by atoms with Crippen molar-refractivity contribution in [2.75, 3.05) is 5.32 Å². The van der Waals surface area contributed by atoms with Crippen molar-refractivity contribution in [1.29, 1.82) is 5.26 Å². The van der Waals surface area contributed by atoms with Crippen molar-refractivity contribution in [2.45, 2.75) is 19.8 Å². The number of fused-ring (bicyclic) bond motifs is 1. The molecule has 1 aromatic carbocycles. The molecule has 1 aliphatic rings. The van der Waals surface area contributed by atoms with E-state index in [0.717, 1.165) is 23.9 Å². The second-order valence-corrected chi connectivity index (χ2v) is 4.94. The molecule has 18 heavy (non-hydrogen) atoms. The van der Waals surface area contributed by atoms with Crippen LogP contribution in [0.15, 0.2) is 18.2 Å². The number of rotatable bonds is 2. The van der Waals surface area contributed by atoms with Crippen molar-refractivity contribution < 1.29 is 4.79 Å².